The van der Waals surface area contributed by atoms with Gasteiger partial charge in [-0.1, -0.05) is 0 Å². The number of furan rings is 1. The van der Waals surface area contributed by atoms with Crippen LogP contribution in [0, 0.1) is 13.8 Å². The van der Waals surface area contributed by atoms with Crippen LogP contribution in [-0.4, -0.2) is 26.0 Å². The highest BCUT2D eigenvalue weighted by Crippen LogP contribution is 2.25. The van der Waals surface area contributed by atoms with E-state index in [9.17, 15) is 9.59 Å². The minimum absolute atomic E-state index is 0.374. The summed E-state index contributed by atoms with van der Waals surface area (Å²) < 4.78 is 15.6. The van der Waals surface area contributed by atoms with E-state index in [0.29, 0.717) is 34.1 Å². The van der Waals surface area contributed by atoms with E-state index in [2.05, 4.69) is 10.9 Å². The number of carbonyl (C=O) groups excluding carboxylic acids is 2. The lowest BCUT2D eigenvalue weighted by Crippen LogP contribution is -2.40. The molecule has 7 heteroatoms. The Morgan fingerprint density at radius 3 is 2.44 bits per heavy atom. The Hall–Kier alpha value is -3.22. The third kappa shape index (κ3) is 4.63. The molecule has 0 saturated heterocycles. The lowest BCUT2D eigenvalue weighted by atomic mass is 10.1. The smallest absolute Gasteiger partial charge is 0.273 e. The van der Waals surface area contributed by atoms with E-state index in [1.54, 1.807) is 51.3 Å². The number of carbonyl (C=O) groups is 2. The molecule has 0 fully saturated rings. The molecule has 1 aromatic heterocycles. The van der Waals surface area contributed by atoms with Crippen molar-refractivity contribution in [2.45, 2.75) is 13.8 Å². The number of nitrogens with one attached hydrogen (secondary N) is 2. The van der Waals surface area contributed by atoms with Crippen molar-refractivity contribution in [1.29, 1.82) is 0 Å². The fourth-order valence-electron chi connectivity index (χ4n) is 2.21. The van der Waals surface area contributed by atoms with Crippen LogP contribution in [0.15, 0.2) is 34.8 Å². The molecule has 0 spiro atoms. The molecule has 2 rings (SSSR count). The van der Waals surface area contributed by atoms with Crippen molar-refractivity contribution in [3.63, 3.8) is 0 Å². The summed E-state index contributed by atoms with van der Waals surface area (Å²) in [5.41, 5.74) is 5.72. The maximum atomic E-state index is 12.0. The van der Waals surface area contributed by atoms with Crippen LogP contribution >= 0.6 is 0 Å². The zero-order valence-electron chi connectivity index (χ0n) is 14.5. The molecule has 1 heterocycles. The Morgan fingerprint density at radius 1 is 1.08 bits per heavy atom. The second kappa shape index (κ2) is 8.05. The van der Waals surface area contributed by atoms with E-state index in [4.69, 9.17) is 13.9 Å². The molecular weight excluding hydrogens is 324 g/mol. The predicted octanol–water partition coefficient (Wildman–Crippen LogP) is 2.39. The second-order valence-corrected chi connectivity index (χ2v) is 5.21. The normalized spacial score (nSPS) is 10.6. The average molecular weight is 344 g/mol. The van der Waals surface area contributed by atoms with Gasteiger partial charge in [0.05, 0.1) is 19.8 Å². The molecule has 2 amide bonds. The van der Waals surface area contributed by atoms with Gasteiger partial charge in [-0.15, -0.1) is 0 Å². The molecule has 1 aromatic carbocycles. The summed E-state index contributed by atoms with van der Waals surface area (Å²) >= 11 is 0. The van der Waals surface area contributed by atoms with Crippen molar-refractivity contribution in [1.82, 2.24) is 10.9 Å². The van der Waals surface area contributed by atoms with Crippen LogP contribution in [0.1, 0.15) is 27.4 Å². The van der Waals surface area contributed by atoms with Crippen molar-refractivity contribution < 1.29 is 23.5 Å². The van der Waals surface area contributed by atoms with Gasteiger partial charge in [0.25, 0.3) is 11.8 Å². The molecule has 0 aliphatic carbocycles. The fourth-order valence-corrected chi connectivity index (χ4v) is 2.21. The number of hydrogen-bond acceptors (Lipinski definition) is 5. The summed E-state index contributed by atoms with van der Waals surface area (Å²) in [6.45, 7) is 3.42. The third-order valence-corrected chi connectivity index (χ3v) is 3.44. The van der Waals surface area contributed by atoms with Gasteiger partial charge < -0.3 is 13.9 Å². The van der Waals surface area contributed by atoms with E-state index >= 15 is 0 Å². The molecule has 7 nitrogen and oxygen atoms in total. The lowest BCUT2D eigenvalue weighted by molar-refractivity contribution is -0.117. The monoisotopic (exact) mass is 344 g/mol. The number of benzene rings is 1. The summed E-state index contributed by atoms with van der Waals surface area (Å²) in [6.07, 6.45) is 2.87. The van der Waals surface area contributed by atoms with Crippen molar-refractivity contribution in [3.8, 4) is 11.5 Å². The summed E-state index contributed by atoms with van der Waals surface area (Å²) in [4.78, 5) is 23.8. The molecule has 0 radical (unpaired) electrons. The van der Waals surface area contributed by atoms with Crippen molar-refractivity contribution in [2.75, 3.05) is 14.2 Å². The first-order valence-corrected chi connectivity index (χ1v) is 7.52. The van der Waals surface area contributed by atoms with Crippen molar-refractivity contribution in [2.24, 2.45) is 0 Å². The lowest BCUT2D eigenvalue weighted by Gasteiger charge is -2.07. The first-order valence-electron chi connectivity index (χ1n) is 7.52. The van der Waals surface area contributed by atoms with Crippen LogP contribution in [0.4, 0.5) is 0 Å². The molecule has 2 aromatic rings. The molecular formula is C18H20N2O5. The predicted molar refractivity (Wildman–Crippen MR) is 92.4 cm³/mol. The molecule has 0 saturated carbocycles. The van der Waals surface area contributed by atoms with E-state index in [0.717, 1.165) is 0 Å². The summed E-state index contributed by atoms with van der Waals surface area (Å²) in [5, 5.41) is 0. The van der Waals surface area contributed by atoms with E-state index in [-0.39, 0.29) is 0 Å². The van der Waals surface area contributed by atoms with E-state index in [1.165, 1.54) is 13.2 Å². The zero-order chi connectivity index (χ0) is 18.4. The Kier molecular flexibility index (Phi) is 5.84. The number of rotatable bonds is 5. The minimum Gasteiger partial charge on any atom is -0.497 e. The number of methoxy groups -OCH3 is 2. The number of amides is 2. The van der Waals surface area contributed by atoms with Crippen LogP contribution in [0.2, 0.25) is 0 Å². The minimum atomic E-state index is -0.482. The van der Waals surface area contributed by atoms with Crippen LogP contribution in [0.25, 0.3) is 6.08 Å². The number of hydrazine groups is 1. The summed E-state index contributed by atoms with van der Waals surface area (Å²) in [7, 11) is 3.09. The Morgan fingerprint density at radius 2 is 1.84 bits per heavy atom. The standard InChI is InChI=1S/C18H20N2O5/c1-11-9-15(12(2)25-11)18(22)20-19-17(21)8-6-13-5-7-14(23-3)10-16(13)24-4/h5-10H,1-4H3,(H,19,21)(H,20,22). The molecule has 25 heavy (non-hydrogen) atoms. The molecule has 0 unspecified atom stereocenters. The van der Waals surface area contributed by atoms with Gasteiger partial charge in [-0.05, 0) is 38.1 Å². The quantitative estimate of drug-likeness (QED) is 0.642. The second-order valence-electron chi connectivity index (χ2n) is 5.21. The highest BCUT2D eigenvalue weighted by molar-refractivity contribution is 5.98. The highest BCUT2D eigenvalue weighted by atomic mass is 16.5. The summed E-state index contributed by atoms with van der Waals surface area (Å²) in [5.74, 6) is 1.40. The molecule has 0 aliphatic heterocycles. The van der Waals surface area contributed by atoms with Gasteiger partial charge in [-0.2, -0.15) is 0 Å². The summed E-state index contributed by atoms with van der Waals surface area (Å²) in [6, 6.07) is 6.84. The van der Waals surface area contributed by atoms with Gasteiger partial charge in [0.1, 0.15) is 23.0 Å². The van der Waals surface area contributed by atoms with Gasteiger partial charge in [0.15, 0.2) is 0 Å². The first-order chi connectivity index (χ1) is 11.9. The van der Waals surface area contributed by atoms with E-state index in [1.807, 2.05) is 0 Å². The number of aryl methyl sites for hydroxylation is 2. The highest BCUT2D eigenvalue weighted by Gasteiger charge is 2.13. The van der Waals surface area contributed by atoms with Gasteiger partial charge in [-0.3, -0.25) is 20.4 Å². The number of ether oxygens (including phenoxy) is 2. The average Bonchev–Trinajstić information content (AvgIpc) is 2.95. The SMILES string of the molecule is COc1ccc(C=CC(=O)NNC(=O)c2cc(C)oc2C)c(OC)c1. The Balaban J connectivity index is 1.97. The van der Waals surface area contributed by atoms with E-state index < -0.39 is 11.8 Å². The first kappa shape index (κ1) is 18.1. The topological polar surface area (TPSA) is 89.8 Å². The van der Waals surface area contributed by atoms with Gasteiger partial charge >= 0.3 is 0 Å². The Bertz CT molecular complexity index is 808. The van der Waals surface area contributed by atoms with Gasteiger partial charge in [0, 0.05) is 17.7 Å². The number of hydrogen-bond donors (Lipinski definition) is 2. The largest absolute Gasteiger partial charge is 0.497 e. The van der Waals surface area contributed by atoms with Gasteiger partial charge in [0.2, 0.25) is 0 Å². The molecule has 0 atom stereocenters. The molecule has 2 N–H and O–H groups in total. The Labute approximate surface area is 145 Å². The maximum Gasteiger partial charge on any atom is 0.273 e. The maximum absolute atomic E-state index is 12.0. The van der Waals surface area contributed by atoms with Crippen LogP contribution < -0.4 is 20.3 Å². The molecule has 0 aliphatic rings. The van der Waals surface area contributed by atoms with Crippen molar-refractivity contribution in [3.05, 3.63) is 53.0 Å². The van der Waals surface area contributed by atoms with Crippen LogP contribution in [0.5, 0.6) is 11.5 Å². The zero-order valence-corrected chi connectivity index (χ0v) is 14.5. The van der Waals surface area contributed by atoms with Crippen molar-refractivity contribution >= 4 is 17.9 Å². The van der Waals surface area contributed by atoms with Crippen LogP contribution in [0.3, 0.4) is 0 Å². The molecule has 0 bridgehead atoms. The molecule has 132 valence electrons. The fraction of sp³-hybridized carbons (Fsp3) is 0.222. The third-order valence-electron chi connectivity index (χ3n) is 3.44. The van der Waals surface area contributed by atoms with Crippen LogP contribution in [-0.2, 0) is 4.79 Å². The van der Waals surface area contributed by atoms with Gasteiger partial charge in [-0.25, -0.2) is 0 Å².